The first-order valence-corrected chi connectivity index (χ1v) is 6.36. The minimum absolute atomic E-state index is 0.150. The molecule has 0 heterocycles. The highest BCUT2D eigenvalue weighted by molar-refractivity contribution is 9.10. The van der Waals surface area contributed by atoms with Gasteiger partial charge in [-0.3, -0.25) is 0 Å². The van der Waals surface area contributed by atoms with Gasteiger partial charge >= 0.3 is 0 Å². The number of halogens is 3. The summed E-state index contributed by atoms with van der Waals surface area (Å²) in [6.45, 7) is 0. The van der Waals surface area contributed by atoms with Crippen LogP contribution < -0.4 is 4.74 Å². The number of aliphatic hydroxyl groups is 1. The van der Waals surface area contributed by atoms with Crippen LogP contribution >= 0.6 is 15.9 Å². The van der Waals surface area contributed by atoms with E-state index < -0.39 is 23.8 Å². The van der Waals surface area contributed by atoms with Crippen molar-refractivity contribution in [1.82, 2.24) is 0 Å². The molecule has 2 atom stereocenters. The van der Waals surface area contributed by atoms with E-state index in [-0.39, 0.29) is 5.75 Å². The molecule has 1 aliphatic carbocycles. The van der Waals surface area contributed by atoms with E-state index in [1.54, 1.807) is 0 Å². The van der Waals surface area contributed by atoms with Crippen molar-refractivity contribution in [3.05, 3.63) is 28.2 Å². The van der Waals surface area contributed by atoms with Crippen molar-refractivity contribution in [2.24, 2.45) is 0 Å². The fraction of sp³-hybridized carbons (Fsp3) is 0.500. The number of benzene rings is 1. The van der Waals surface area contributed by atoms with Gasteiger partial charge in [-0.2, -0.15) is 4.39 Å². The van der Waals surface area contributed by atoms with Crippen LogP contribution in [-0.2, 0) is 0 Å². The molecule has 5 heteroatoms. The summed E-state index contributed by atoms with van der Waals surface area (Å²) < 4.78 is 32.4. The summed E-state index contributed by atoms with van der Waals surface area (Å²) in [5.74, 6) is -2.12. The highest BCUT2D eigenvalue weighted by Crippen LogP contribution is 2.29. The van der Waals surface area contributed by atoms with E-state index in [0.717, 1.165) is 18.9 Å². The van der Waals surface area contributed by atoms with Gasteiger partial charge in [-0.25, -0.2) is 4.39 Å². The summed E-state index contributed by atoms with van der Waals surface area (Å²) in [6.07, 6.45) is 2.12. The normalized spacial score (nSPS) is 24.7. The molecule has 0 aromatic heterocycles. The zero-order chi connectivity index (χ0) is 12.4. The van der Waals surface area contributed by atoms with Crippen molar-refractivity contribution >= 4 is 15.9 Å². The third kappa shape index (κ3) is 2.96. The molecule has 1 fully saturated rings. The van der Waals surface area contributed by atoms with Crippen LogP contribution in [0, 0.1) is 11.6 Å². The van der Waals surface area contributed by atoms with Gasteiger partial charge in [-0.05, 0) is 31.4 Å². The molecule has 2 nitrogen and oxygen atoms in total. The molecular weight excluding hydrogens is 294 g/mol. The first kappa shape index (κ1) is 12.8. The minimum atomic E-state index is -1.01. The summed E-state index contributed by atoms with van der Waals surface area (Å²) in [6, 6.07) is 2.42. The van der Waals surface area contributed by atoms with Crippen molar-refractivity contribution in [2.75, 3.05) is 0 Å². The second kappa shape index (κ2) is 5.31. The third-order valence-corrected chi connectivity index (χ3v) is 3.36. The molecule has 0 bridgehead atoms. The second-order valence-corrected chi connectivity index (χ2v) is 5.12. The molecule has 0 aliphatic heterocycles. The highest BCUT2D eigenvalue weighted by atomic mass is 79.9. The fourth-order valence-electron chi connectivity index (χ4n) is 2.00. The lowest BCUT2D eigenvalue weighted by Gasteiger charge is -2.28. The van der Waals surface area contributed by atoms with Crippen molar-refractivity contribution in [2.45, 2.75) is 37.9 Å². The summed E-state index contributed by atoms with van der Waals surface area (Å²) in [5.41, 5.74) is 0. The summed E-state index contributed by atoms with van der Waals surface area (Å²) in [5, 5.41) is 9.71. The quantitative estimate of drug-likeness (QED) is 0.849. The van der Waals surface area contributed by atoms with Crippen LogP contribution in [0.4, 0.5) is 8.78 Å². The lowest BCUT2D eigenvalue weighted by molar-refractivity contribution is 0.00463. The smallest absolute Gasteiger partial charge is 0.200 e. The molecule has 2 rings (SSSR count). The van der Waals surface area contributed by atoms with Gasteiger partial charge < -0.3 is 9.84 Å². The monoisotopic (exact) mass is 306 g/mol. The van der Waals surface area contributed by atoms with Crippen molar-refractivity contribution in [3.8, 4) is 5.75 Å². The molecule has 17 heavy (non-hydrogen) atoms. The first-order chi connectivity index (χ1) is 8.08. The van der Waals surface area contributed by atoms with E-state index in [9.17, 15) is 13.9 Å². The lowest BCUT2D eigenvalue weighted by atomic mass is 9.95. The van der Waals surface area contributed by atoms with Gasteiger partial charge in [0.2, 0.25) is 5.82 Å². The van der Waals surface area contributed by atoms with E-state index in [1.165, 1.54) is 6.07 Å². The standard InChI is InChI=1S/C12H13BrF2O2/c13-7-5-8(14)12(15)11(6-7)17-10-4-2-1-3-9(10)16/h5-6,9-10,16H,1-4H2. The Bertz CT molecular complexity index is 412. The first-order valence-electron chi connectivity index (χ1n) is 5.57. The van der Waals surface area contributed by atoms with E-state index in [2.05, 4.69) is 15.9 Å². The average molecular weight is 307 g/mol. The Balaban J connectivity index is 2.17. The van der Waals surface area contributed by atoms with Crippen LogP contribution in [0.25, 0.3) is 0 Å². The highest BCUT2D eigenvalue weighted by Gasteiger charge is 2.26. The predicted octanol–water partition coefficient (Wildman–Crippen LogP) is 3.41. The Labute approximate surface area is 107 Å². The number of hydrogen-bond acceptors (Lipinski definition) is 2. The third-order valence-electron chi connectivity index (χ3n) is 2.91. The van der Waals surface area contributed by atoms with Gasteiger partial charge in [0, 0.05) is 4.47 Å². The molecule has 94 valence electrons. The molecule has 0 radical (unpaired) electrons. The Kier molecular flexibility index (Phi) is 3.99. The topological polar surface area (TPSA) is 29.5 Å². The fourth-order valence-corrected chi connectivity index (χ4v) is 2.40. The van der Waals surface area contributed by atoms with Gasteiger partial charge in [-0.15, -0.1) is 0 Å². The summed E-state index contributed by atoms with van der Waals surface area (Å²) in [4.78, 5) is 0. The maximum Gasteiger partial charge on any atom is 0.200 e. The van der Waals surface area contributed by atoms with Crippen LogP contribution in [-0.4, -0.2) is 17.3 Å². The molecule has 0 spiro atoms. The predicted molar refractivity (Wildman–Crippen MR) is 62.9 cm³/mol. The molecule has 1 aromatic rings. The zero-order valence-electron chi connectivity index (χ0n) is 9.13. The van der Waals surface area contributed by atoms with Crippen LogP contribution in [0.1, 0.15) is 25.7 Å². The van der Waals surface area contributed by atoms with E-state index in [1.807, 2.05) is 0 Å². The molecule has 1 aromatic carbocycles. The Hall–Kier alpha value is -0.680. The molecule has 1 saturated carbocycles. The van der Waals surface area contributed by atoms with Crippen LogP contribution in [0.3, 0.4) is 0 Å². The number of rotatable bonds is 2. The largest absolute Gasteiger partial charge is 0.484 e. The van der Waals surface area contributed by atoms with E-state index >= 15 is 0 Å². The number of hydrogen-bond donors (Lipinski definition) is 1. The zero-order valence-corrected chi connectivity index (χ0v) is 10.7. The van der Waals surface area contributed by atoms with Crippen LogP contribution in [0.2, 0.25) is 0 Å². The SMILES string of the molecule is OC1CCCCC1Oc1cc(Br)cc(F)c1F. The second-order valence-electron chi connectivity index (χ2n) is 4.21. The lowest BCUT2D eigenvalue weighted by Crippen LogP contribution is -2.34. The summed E-state index contributed by atoms with van der Waals surface area (Å²) >= 11 is 3.08. The van der Waals surface area contributed by atoms with Crippen molar-refractivity contribution < 1.29 is 18.6 Å². The maximum atomic E-state index is 13.5. The Morgan fingerprint density at radius 1 is 1.24 bits per heavy atom. The molecule has 0 saturated heterocycles. The molecule has 0 amide bonds. The summed E-state index contributed by atoms with van der Waals surface area (Å²) in [7, 11) is 0. The van der Waals surface area contributed by atoms with E-state index in [0.29, 0.717) is 17.3 Å². The van der Waals surface area contributed by atoms with Crippen molar-refractivity contribution in [3.63, 3.8) is 0 Å². The maximum absolute atomic E-state index is 13.5. The van der Waals surface area contributed by atoms with Gasteiger partial charge in [-0.1, -0.05) is 22.4 Å². The van der Waals surface area contributed by atoms with Gasteiger partial charge in [0.1, 0.15) is 6.10 Å². The van der Waals surface area contributed by atoms with Crippen molar-refractivity contribution in [1.29, 1.82) is 0 Å². The Morgan fingerprint density at radius 2 is 1.94 bits per heavy atom. The minimum Gasteiger partial charge on any atom is -0.484 e. The number of ether oxygens (including phenoxy) is 1. The van der Waals surface area contributed by atoms with Gasteiger partial charge in [0.15, 0.2) is 11.6 Å². The molecule has 1 aliphatic rings. The van der Waals surface area contributed by atoms with Gasteiger partial charge in [0.25, 0.3) is 0 Å². The molecular formula is C12H13BrF2O2. The molecule has 2 unspecified atom stereocenters. The average Bonchev–Trinajstić information content (AvgIpc) is 2.28. The number of aliphatic hydroxyl groups excluding tert-OH is 1. The Morgan fingerprint density at radius 3 is 2.65 bits per heavy atom. The van der Waals surface area contributed by atoms with Crippen LogP contribution in [0.15, 0.2) is 16.6 Å². The van der Waals surface area contributed by atoms with Crippen LogP contribution in [0.5, 0.6) is 5.75 Å². The van der Waals surface area contributed by atoms with Gasteiger partial charge in [0.05, 0.1) is 6.10 Å². The molecule has 1 N–H and O–H groups in total. The van der Waals surface area contributed by atoms with E-state index in [4.69, 9.17) is 4.74 Å².